The van der Waals surface area contributed by atoms with Crippen LogP contribution in [0.5, 0.6) is 0 Å². The third-order valence-corrected chi connectivity index (χ3v) is 3.77. The molecule has 0 radical (unpaired) electrons. The van der Waals surface area contributed by atoms with Crippen LogP contribution in [0.4, 0.5) is 0 Å². The molecule has 3 rings (SSSR count). The average molecular weight is 318 g/mol. The van der Waals surface area contributed by atoms with Gasteiger partial charge in [0.05, 0.1) is 25.0 Å². The molecule has 0 bridgehead atoms. The SMILES string of the molecule is CCOC(=O)c1[nH]nc2c1CCc1c-2cnn1CCOC(C)=O. The summed E-state index contributed by atoms with van der Waals surface area (Å²) in [5.41, 5.74) is 3.97. The van der Waals surface area contributed by atoms with E-state index in [4.69, 9.17) is 9.47 Å². The first-order valence-electron chi connectivity index (χ1n) is 7.54. The minimum atomic E-state index is -0.382. The predicted octanol–water partition coefficient (Wildman–Crippen LogP) is 1.11. The average Bonchev–Trinajstić information content (AvgIpc) is 3.10. The second-order valence-corrected chi connectivity index (χ2v) is 5.21. The topological polar surface area (TPSA) is 99.1 Å². The summed E-state index contributed by atoms with van der Waals surface area (Å²) in [6.07, 6.45) is 3.16. The van der Waals surface area contributed by atoms with E-state index < -0.39 is 0 Å². The summed E-state index contributed by atoms with van der Waals surface area (Å²) >= 11 is 0. The Morgan fingerprint density at radius 2 is 2.17 bits per heavy atom. The molecule has 0 fully saturated rings. The molecule has 1 aliphatic carbocycles. The second-order valence-electron chi connectivity index (χ2n) is 5.21. The smallest absolute Gasteiger partial charge is 0.356 e. The largest absolute Gasteiger partial charge is 0.464 e. The van der Waals surface area contributed by atoms with Gasteiger partial charge in [0.2, 0.25) is 0 Å². The van der Waals surface area contributed by atoms with Gasteiger partial charge in [-0.05, 0) is 19.8 Å². The highest BCUT2D eigenvalue weighted by Crippen LogP contribution is 2.33. The molecule has 0 saturated heterocycles. The number of hydrogen-bond donors (Lipinski definition) is 1. The van der Waals surface area contributed by atoms with Crippen molar-refractivity contribution in [2.24, 2.45) is 0 Å². The molecule has 122 valence electrons. The van der Waals surface area contributed by atoms with Crippen molar-refractivity contribution in [1.82, 2.24) is 20.0 Å². The normalized spacial score (nSPS) is 12.4. The number of rotatable bonds is 5. The van der Waals surface area contributed by atoms with E-state index in [1.54, 1.807) is 13.1 Å². The molecule has 0 aromatic carbocycles. The maximum Gasteiger partial charge on any atom is 0.356 e. The van der Waals surface area contributed by atoms with Crippen LogP contribution in [0.3, 0.4) is 0 Å². The number of ether oxygens (including phenoxy) is 2. The van der Waals surface area contributed by atoms with E-state index in [9.17, 15) is 9.59 Å². The number of aromatic nitrogens is 4. The van der Waals surface area contributed by atoms with Crippen LogP contribution < -0.4 is 0 Å². The minimum absolute atomic E-state index is 0.283. The molecule has 8 heteroatoms. The molecule has 1 aliphatic rings. The molecule has 0 aliphatic heterocycles. The van der Waals surface area contributed by atoms with Gasteiger partial charge in [0.15, 0.2) is 0 Å². The van der Waals surface area contributed by atoms with Crippen LogP contribution in [0.1, 0.15) is 35.6 Å². The first-order chi connectivity index (χ1) is 11.1. The van der Waals surface area contributed by atoms with Crippen molar-refractivity contribution in [3.8, 4) is 11.3 Å². The fourth-order valence-corrected chi connectivity index (χ4v) is 2.79. The lowest BCUT2D eigenvalue weighted by Gasteiger charge is -2.14. The van der Waals surface area contributed by atoms with E-state index in [2.05, 4.69) is 15.3 Å². The summed E-state index contributed by atoms with van der Waals surface area (Å²) in [5, 5.41) is 11.4. The molecular weight excluding hydrogens is 300 g/mol. The number of esters is 2. The van der Waals surface area contributed by atoms with Crippen molar-refractivity contribution in [1.29, 1.82) is 0 Å². The maximum absolute atomic E-state index is 11.9. The first-order valence-corrected chi connectivity index (χ1v) is 7.54. The number of aromatic amines is 1. The van der Waals surface area contributed by atoms with Crippen molar-refractivity contribution in [3.63, 3.8) is 0 Å². The molecule has 0 unspecified atom stereocenters. The number of hydrogen-bond acceptors (Lipinski definition) is 6. The van der Waals surface area contributed by atoms with E-state index in [-0.39, 0.29) is 18.5 Å². The van der Waals surface area contributed by atoms with Gasteiger partial charge in [-0.15, -0.1) is 0 Å². The Morgan fingerprint density at radius 3 is 2.91 bits per heavy atom. The van der Waals surface area contributed by atoms with Crippen molar-refractivity contribution >= 4 is 11.9 Å². The Kier molecular flexibility index (Phi) is 4.14. The van der Waals surface area contributed by atoms with E-state index >= 15 is 0 Å². The van der Waals surface area contributed by atoms with Crippen molar-refractivity contribution in [2.75, 3.05) is 13.2 Å². The summed E-state index contributed by atoms with van der Waals surface area (Å²) in [6, 6.07) is 0. The fourth-order valence-electron chi connectivity index (χ4n) is 2.79. The van der Waals surface area contributed by atoms with Crippen LogP contribution in [0.2, 0.25) is 0 Å². The standard InChI is InChI=1S/C15H18N4O4/c1-3-22-15(21)14-10-4-5-12-11(13(10)17-18-14)8-16-19(12)6-7-23-9(2)20/h8H,3-7H2,1-2H3,(H,17,18). The van der Waals surface area contributed by atoms with Crippen molar-refractivity contribution in [3.05, 3.63) is 23.1 Å². The third kappa shape index (κ3) is 2.84. The van der Waals surface area contributed by atoms with Gasteiger partial charge in [0.25, 0.3) is 0 Å². The van der Waals surface area contributed by atoms with Gasteiger partial charge < -0.3 is 9.47 Å². The Bertz CT molecular complexity index is 747. The van der Waals surface area contributed by atoms with Gasteiger partial charge in [-0.25, -0.2) is 4.79 Å². The molecule has 23 heavy (non-hydrogen) atoms. The highest BCUT2D eigenvalue weighted by molar-refractivity contribution is 5.91. The van der Waals surface area contributed by atoms with Gasteiger partial charge in [0.1, 0.15) is 12.3 Å². The van der Waals surface area contributed by atoms with Gasteiger partial charge in [-0.1, -0.05) is 0 Å². The summed E-state index contributed by atoms with van der Waals surface area (Å²) in [4.78, 5) is 22.8. The molecule has 0 atom stereocenters. The van der Waals surface area contributed by atoms with Crippen molar-refractivity contribution in [2.45, 2.75) is 33.2 Å². The Labute approximate surface area is 132 Å². The molecule has 2 aromatic rings. The molecule has 2 heterocycles. The minimum Gasteiger partial charge on any atom is -0.464 e. The van der Waals surface area contributed by atoms with Gasteiger partial charge in [-0.2, -0.15) is 10.2 Å². The number of nitrogens with one attached hydrogen (secondary N) is 1. The van der Waals surface area contributed by atoms with E-state index in [0.717, 1.165) is 28.9 Å². The first kappa shape index (κ1) is 15.3. The zero-order valence-corrected chi connectivity index (χ0v) is 13.1. The summed E-state index contributed by atoms with van der Waals surface area (Å²) < 4.78 is 11.8. The Balaban J connectivity index is 1.84. The van der Waals surface area contributed by atoms with Crippen molar-refractivity contribution < 1.29 is 19.1 Å². The zero-order valence-electron chi connectivity index (χ0n) is 13.1. The molecular formula is C15H18N4O4. The molecule has 0 saturated carbocycles. The van der Waals surface area contributed by atoms with Crippen LogP contribution in [0.25, 0.3) is 11.3 Å². The van der Waals surface area contributed by atoms with E-state index in [1.165, 1.54) is 6.92 Å². The van der Waals surface area contributed by atoms with Crippen LogP contribution in [0, 0.1) is 0 Å². The zero-order chi connectivity index (χ0) is 16.4. The molecule has 0 spiro atoms. The second kappa shape index (κ2) is 6.23. The van der Waals surface area contributed by atoms with E-state index in [1.807, 2.05) is 4.68 Å². The number of nitrogens with zero attached hydrogens (tertiary/aromatic N) is 3. The van der Waals surface area contributed by atoms with Gasteiger partial charge in [-0.3, -0.25) is 14.6 Å². The number of fused-ring (bicyclic) bond motifs is 3. The summed E-state index contributed by atoms with van der Waals surface area (Å²) in [5.74, 6) is -0.688. The van der Waals surface area contributed by atoms with Gasteiger partial charge >= 0.3 is 11.9 Å². The Morgan fingerprint density at radius 1 is 1.35 bits per heavy atom. The molecule has 2 aromatic heterocycles. The summed E-state index contributed by atoms with van der Waals surface area (Å²) in [6.45, 7) is 4.26. The van der Waals surface area contributed by atoms with Crippen LogP contribution in [0.15, 0.2) is 6.20 Å². The predicted molar refractivity (Wildman–Crippen MR) is 79.8 cm³/mol. The molecule has 1 N–H and O–H groups in total. The summed E-state index contributed by atoms with van der Waals surface area (Å²) in [7, 11) is 0. The van der Waals surface area contributed by atoms with Gasteiger partial charge in [0, 0.05) is 23.7 Å². The Hall–Kier alpha value is -2.64. The highest BCUT2D eigenvalue weighted by atomic mass is 16.5. The molecule has 0 amide bonds. The third-order valence-electron chi connectivity index (χ3n) is 3.77. The quantitative estimate of drug-likeness (QED) is 0.829. The van der Waals surface area contributed by atoms with Crippen LogP contribution in [-0.4, -0.2) is 45.1 Å². The number of H-pyrrole nitrogens is 1. The van der Waals surface area contributed by atoms with Crippen LogP contribution >= 0.6 is 0 Å². The lowest BCUT2D eigenvalue weighted by molar-refractivity contribution is -0.141. The number of carbonyl (C=O) groups is 2. The monoisotopic (exact) mass is 318 g/mol. The highest BCUT2D eigenvalue weighted by Gasteiger charge is 2.28. The molecule has 8 nitrogen and oxygen atoms in total. The van der Waals surface area contributed by atoms with Crippen LogP contribution in [-0.2, 0) is 33.7 Å². The number of carbonyl (C=O) groups excluding carboxylic acids is 2. The lowest BCUT2D eigenvalue weighted by atomic mass is 9.94. The maximum atomic E-state index is 11.9. The van der Waals surface area contributed by atoms with E-state index in [0.29, 0.717) is 25.3 Å². The lowest BCUT2D eigenvalue weighted by Crippen LogP contribution is -2.15. The fraction of sp³-hybridized carbons (Fsp3) is 0.467.